The minimum atomic E-state index is 0.242. The highest BCUT2D eigenvalue weighted by Crippen LogP contribution is 2.18. The van der Waals surface area contributed by atoms with E-state index < -0.39 is 0 Å². The minimum Gasteiger partial charge on any atom is -0.395 e. The molecular weight excluding hydrogens is 186 g/mol. The maximum atomic E-state index is 8.54. The van der Waals surface area contributed by atoms with E-state index in [1.807, 2.05) is 0 Å². The van der Waals surface area contributed by atoms with Gasteiger partial charge in [-0.3, -0.25) is 0 Å². The van der Waals surface area contributed by atoms with Crippen molar-refractivity contribution in [2.45, 2.75) is 46.5 Å². The predicted octanol–water partition coefficient (Wildman–Crippen LogP) is 2.73. The number of aliphatic hydroxyl groups is 1. The van der Waals surface area contributed by atoms with Crippen LogP contribution in [0.4, 0.5) is 0 Å². The average Bonchev–Trinajstić information content (AvgIpc) is 2.14. The second-order valence-electron chi connectivity index (χ2n) is 5.21. The SMILES string of the molecule is CC(C)(C)C/C=C/CCCCNCCO. The summed E-state index contributed by atoms with van der Waals surface area (Å²) in [6.07, 6.45) is 9.35. The highest BCUT2D eigenvalue weighted by Gasteiger charge is 2.05. The van der Waals surface area contributed by atoms with Gasteiger partial charge in [0.2, 0.25) is 0 Å². The number of nitrogens with one attached hydrogen (secondary N) is 1. The highest BCUT2D eigenvalue weighted by atomic mass is 16.3. The fourth-order valence-corrected chi connectivity index (χ4v) is 1.27. The van der Waals surface area contributed by atoms with Crippen LogP contribution in [0, 0.1) is 5.41 Å². The van der Waals surface area contributed by atoms with Crippen molar-refractivity contribution >= 4 is 0 Å². The molecule has 2 nitrogen and oxygen atoms in total. The summed E-state index contributed by atoms with van der Waals surface area (Å²) in [5.74, 6) is 0. The Morgan fingerprint density at radius 1 is 1.07 bits per heavy atom. The third-order valence-corrected chi connectivity index (χ3v) is 2.16. The largest absolute Gasteiger partial charge is 0.395 e. The molecule has 0 saturated carbocycles. The molecule has 0 aromatic heterocycles. The lowest BCUT2D eigenvalue weighted by Gasteiger charge is -2.14. The molecule has 0 rings (SSSR count). The van der Waals surface area contributed by atoms with E-state index in [2.05, 4.69) is 38.2 Å². The third kappa shape index (κ3) is 13.7. The van der Waals surface area contributed by atoms with E-state index in [1.165, 1.54) is 19.3 Å². The van der Waals surface area contributed by atoms with Crippen LogP contribution in [-0.2, 0) is 0 Å². The lowest BCUT2D eigenvalue weighted by molar-refractivity contribution is 0.292. The molecule has 0 radical (unpaired) electrons. The maximum absolute atomic E-state index is 8.54. The van der Waals surface area contributed by atoms with Gasteiger partial charge in [0.1, 0.15) is 0 Å². The predicted molar refractivity (Wildman–Crippen MR) is 67.0 cm³/mol. The minimum absolute atomic E-state index is 0.242. The van der Waals surface area contributed by atoms with Crippen LogP contribution >= 0.6 is 0 Å². The van der Waals surface area contributed by atoms with E-state index in [1.54, 1.807) is 0 Å². The number of aliphatic hydroxyl groups excluding tert-OH is 1. The molecule has 0 atom stereocenters. The first kappa shape index (κ1) is 14.7. The second-order valence-corrected chi connectivity index (χ2v) is 5.21. The number of hydrogen-bond donors (Lipinski definition) is 2. The first-order valence-electron chi connectivity index (χ1n) is 6.03. The van der Waals surface area contributed by atoms with Gasteiger partial charge in [0.15, 0.2) is 0 Å². The molecule has 90 valence electrons. The lowest BCUT2D eigenvalue weighted by Crippen LogP contribution is -2.19. The summed E-state index contributed by atoms with van der Waals surface area (Å²) in [7, 11) is 0. The Hall–Kier alpha value is -0.340. The van der Waals surface area contributed by atoms with Crippen molar-refractivity contribution in [3.63, 3.8) is 0 Å². The molecule has 0 heterocycles. The van der Waals surface area contributed by atoms with Gasteiger partial charge in [0.05, 0.1) is 6.61 Å². The highest BCUT2D eigenvalue weighted by molar-refractivity contribution is 4.85. The Balaban J connectivity index is 3.17. The molecule has 15 heavy (non-hydrogen) atoms. The Bertz CT molecular complexity index is 158. The molecule has 0 amide bonds. The molecule has 0 spiro atoms. The van der Waals surface area contributed by atoms with Crippen molar-refractivity contribution in [3.05, 3.63) is 12.2 Å². The van der Waals surface area contributed by atoms with Crippen molar-refractivity contribution < 1.29 is 5.11 Å². The summed E-state index contributed by atoms with van der Waals surface area (Å²) in [5, 5.41) is 11.7. The molecular formula is C13H27NO. The lowest BCUT2D eigenvalue weighted by atomic mass is 9.92. The molecule has 2 N–H and O–H groups in total. The average molecular weight is 213 g/mol. The van der Waals surface area contributed by atoms with Crippen LogP contribution < -0.4 is 5.32 Å². The van der Waals surface area contributed by atoms with Gasteiger partial charge in [0.25, 0.3) is 0 Å². The quantitative estimate of drug-likeness (QED) is 0.480. The van der Waals surface area contributed by atoms with Gasteiger partial charge in [-0.25, -0.2) is 0 Å². The maximum Gasteiger partial charge on any atom is 0.0555 e. The van der Waals surface area contributed by atoms with Gasteiger partial charge in [-0.1, -0.05) is 32.9 Å². The van der Waals surface area contributed by atoms with Gasteiger partial charge >= 0.3 is 0 Å². The third-order valence-electron chi connectivity index (χ3n) is 2.16. The summed E-state index contributed by atoms with van der Waals surface area (Å²) in [6, 6.07) is 0. The summed E-state index contributed by atoms with van der Waals surface area (Å²) in [4.78, 5) is 0. The molecule has 0 aliphatic heterocycles. The molecule has 0 aliphatic rings. The van der Waals surface area contributed by atoms with E-state index in [4.69, 9.17) is 5.11 Å². The van der Waals surface area contributed by atoms with Gasteiger partial charge in [-0.05, 0) is 37.6 Å². The summed E-state index contributed by atoms with van der Waals surface area (Å²) < 4.78 is 0. The zero-order valence-corrected chi connectivity index (χ0v) is 10.6. The fourth-order valence-electron chi connectivity index (χ4n) is 1.27. The Kier molecular flexibility index (Phi) is 8.73. The molecule has 0 aromatic rings. The summed E-state index contributed by atoms with van der Waals surface area (Å²) in [5.41, 5.74) is 0.416. The van der Waals surface area contributed by atoms with E-state index in [9.17, 15) is 0 Å². The Labute approximate surface area is 94.8 Å². The molecule has 0 saturated heterocycles. The fraction of sp³-hybridized carbons (Fsp3) is 0.846. The first-order chi connectivity index (χ1) is 7.06. The molecule has 0 aromatic carbocycles. The Morgan fingerprint density at radius 2 is 1.80 bits per heavy atom. The Morgan fingerprint density at radius 3 is 2.40 bits per heavy atom. The molecule has 0 fully saturated rings. The van der Waals surface area contributed by atoms with Crippen LogP contribution in [0.3, 0.4) is 0 Å². The van der Waals surface area contributed by atoms with Crippen LogP contribution in [0.5, 0.6) is 0 Å². The number of allylic oxidation sites excluding steroid dienone is 2. The normalized spacial score (nSPS) is 12.5. The van der Waals surface area contributed by atoms with Crippen molar-refractivity contribution in [1.29, 1.82) is 0 Å². The smallest absolute Gasteiger partial charge is 0.0555 e. The molecule has 0 bridgehead atoms. The van der Waals surface area contributed by atoms with Crippen LogP contribution in [-0.4, -0.2) is 24.8 Å². The topological polar surface area (TPSA) is 32.3 Å². The molecule has 0 aliphatic carbocycles. The van der Waals surface area contributed by atoms with Crippen LogP contribution in [0.15, 0.2) is 12.2 Å². The van der Waals surface area contributed by atoms with Crippen LogP contribution in [0.1, 0.15) is 46.5 Å². The standard InChI is InChI=1S/C13H27NO/c1-13(2,3)9-7-5-4-6-8-10-14-11-12-15/h5,7,14-15H,4,6,8-12H2,1-3H3/b7-5+. The zero-order chi connectivity index (χ0) is 11.6. The summed E-state index contributed by atoms with van der Waals surface area (Å²) in [6.45, 7) is 8.77. The number of unbranched alkanes of at least 4 members (excludes halogenated alkanes) is 2. The first-order valence-corrected chi connectivity index (χ1v) is 6.03. The monoisotopic (exact) mass is 213 g/mol. The van der Waals surface area contributed by atoms with E-state index >= 15 is 0 Å². The second kappa shape index (κ2) is 8.93. The van der Waals surface area contributed by atoms with Gasteiger partial charge < -0.3 is 10.4 Å². The van der Waals surface area contributed by atoms with Crippen molar-refractivity contribution in [3.8, 4) is 0 Å². The van der Waals surface area contributed by atoms with Gasteiger partial charge in [0, 0.05) is 6.54 Å². The van der Waals surface area contributed by atoms with Crippen molar-refractivity contribution in [2.75, 3.05) is 19.7 Å². The van der Waals surface area contributed by atoms with E-state index in [0.717, 1.165) is 19.5 Å². The zero-order valence-electron chi connectivity index (χ0n) is 10.6. The number of hydrogen-bond acceptors (Lipinski definition) is 2. The van der Waals surface area contributed by atoms with E-state index in [-0.39, 0.29) is 6.61 Å². The summed E-state index contributed by atoms with van der Waals surface area (Å²) >= 11 is 0. The van der Waals surface area contributed by atoms with Crippen LogP contribution in [0.25, 0.3) is 0 Å². The van der Waals surface area contributed by atoms with E-state index in [0.29, 0.717) is 5.41 Å². The van der Waals surface area contributed by atoms with Gasteiger partial charge in [-0.2, -0.15) is 0 Å². The molecule has 2 heteroatoms. The number of rotatable bonds is 8. The van der Waals surface area contributed by atoms with Crippen LogP contribution in [0.2, 0.25) is 0 Å². The van der Waals surface area contributed by atoms with Crippen molar-refractivity contribution in [2.24, 2.45) is 5.41 Å². The molecule has 0 unspecified atom stereocenters. The van der Waals surface area contributed by atoms with Gasteiger partial charge in [-0.15, -0.1) is 0 Å². The van der Waals surface area contributed by atoms with Crippen molar-refractivity contribution in [1.82, 2.24) is 5.32 Å².